The van der Waals surface area contributed by atoms with Gasteiger partial charge in [-0.3, -0.25) is 9.69 Å². The summed E-state index contributed by atoms with van der Waals surface area (Å²) >= 11 is 0. The van der Waals surface area contributed by atoms with Crippen LogP contribution in [0.2, 0.25) is 0 Å². The monoisotopic (exact) mass is 275 g/mol. The van der Waals surface area contributed by atoms with Crippen LogP contribution < -0.4 is 11.5 Å². The van der Waals surface area contributed by atoms with Crippen molar-refractivity contribution in [2.75, 3.05) is 13.1 Å². The third kappa shape index (κ3) is 2.86. The first-order chi connectivity index (χ1) is 9.33. The summed E-state index contributed by atoms with van der Waals surface area (Å²) in [4.78, 5) is 13.9. The van der Waals surface area contributed by atoms with Crippen molar-refractivity contribution < 1.29 is 4.79 Å². The van der Waals surface area contributed by atoms with Crippen LogP contribution in [0.4, 0.5) is 0 Å². The van der Waals surface area contributed by atoms with E-state index in [-0.39, 0.29) is 18.0 Å². The first-order valence-corrected chi connectivity index (χ1v) is 7.19. The van der Waals surface area contributed by atoms with E-state index in [1.807, 2.05) is 13.8 Å². The number of hydrogen-bond acceptors (Lipinski definition) is 3. The molecule has 0 aromatic heterocycles. The van der Waals surface area contributed by atoms with Gasteiger partial charge in [0.05, 0.1) is 5.41 Å². The fourth-order valence-electron chi connectivity index (χ4n) is 3.14. The molecule has 1 heterocycles. The molecule has 0 radical (unpaired) electrons. The summed E-state index contributed by atoms with van der Waals surface area (Å²) in [5, 5.41) is 0. The van der Waals surface area contributed by atoms with Gasteiger partial charge in [-0.25, -0.2) is 0 Å². The van der Waals surface area contributed by atoms with E-state index in [1.165, 1.54) is 11.1 Å². The molecule has 3 atom stereocenters. The number of carbonyl (C=O) groups is 1. The van der Waals surface area contributed by atoms with Gasteiger partial charge in [0.25, 0.3) is 0 Å². The van der Waals surface area contributed by atoms with Crippen LogP contribution in [0.15, 0.2) is 24.3 Å². The summed E-state index contributed by atoms with van der Waals surface area (Å²) in [5.74, 6) is -0.215. The topological polar surface area (TPSA) is 72.3 Å². The molecule has 0 spiro atoms. The van der Waals surface area contributed by atoms with Crippen molar-refractivity contribution in [3.63, 3.8) is 0 Å². The third-order valence-corrected chi connectivity index (χ3v) is 4.37. The van der Waals surface area contributed by atoms with Crippen LogP contribution in [0.25, 0.3) is 0 Å². The van der Waals surface area contributed by atoms with Crippen molar-refractivity contribution in [2.45, 2.75) is 39.3 Å². The van der Waals surface area contributed by atoms with Gasteiger partial charge < -0.3 is 11.5 Å². The zero-order valence-electron chi connectivity index (χ0n) is 12.6. The van der Waals surface area contributed by atoms with Crippen molar-refractivity contribution in [1.29, 1.82) is 0 Å². The van der Waals surface area contributed by atoms with E-state index in [4.69, 9.17) is 11.5 Å². The lowest BCUT2D eigenvalue weighted by atomic mass is 9.89. The second-order valence-electron chi connectivity index (χ2n) is 6.36. The van der Waals surface area contributed by atoms with Crippen LogP contribution in [0, 0.1) is 12.3 Å². The maximum absolute atomic E-state index is 11.6. The standard InChI is InChI=1S/C16H25N3O/c1-11-5-4-6-13(9-11)14(12(2)17)19-8-7-16(3,10-19)15(18)20/h4-6,9,12,14H,7-8,10,17H2,1-3H3,(H2,18,20). The lowest BCUT2D eigenvalue weighted by molar-refractivity contribution is -0.126. The number of amides is 1. The molecule has 2 rings (SSSR count). The quantitative estimate of drug-likeness (QED) is 0.876. The number of carbonyl (C=O) groups excluding carboxylic acids is 1. The lowest BCUT2D eigenvalue weighted by Crippen LogP contribution is -2.42. The minimum atomic E-state index is -0.434. The molecule has 1 amide bonds. The molecule has 4 nitrogen and oxygen atoms in total. The van der Waals surface area contributed by atoms with E-state index < -0.39 is 5.41 Å². The van der Waals surface area contributed by atoms with Gasteiger partial charge in [-0.1, -0.05) is 29.8 Å². The van der Waals surface area contributed by atoms with Crippen LogP contribution in [-0.2, 0) is 4.79 Å². The van der Waals surface area contributed by atoms with E-state index in [1.54, 1.807) is 0 Å². The van der Waals surface area contributed by atoms with E-state index in [0.717, 1.165) is 13.0 Å². The van der Waals surface area contributed by atoms with E-state index >= 15 is 0 Å². The minimum Gasteiger partial charge on any atom is -0.369 e. The molecule has 20 heavy (non-hydrogen) atoms. The molecule has 4 heteroatoms. The average Bonchev–Trinajstić information content (AvgIpc) is 2.73. The number of primary amides is 1. The Morgan fingerprint density at radius 1 is 1.45 bits per heavy atom. The van der Waals surface area contributed by atoms with Crippen molar-refractivity contribution in [3.8, 4) is 0 Å². The molecule has 0 aliphatic carbocycles. The van der Waals surface area contributed by atoms with Gasteiger partial charge in [-0.05, 0) is 39.3 Å². The predicted molar refractivity (Wildman–Crippen MR) is 81.1 cm³/mol. The molecule has 0 bridgehead atoms. The number of benzene rings is 1. The second-order valence-corrected chi connectivity index (χ2v) is 6.36. The molecule has 1 fully saturated rings. The molecule has 1 aromatic rings. The smallest absolute Gasteiger partial charge is 0.224 e. The van der Waals surface area contributed by atoms with Gasteiger partial charge in [0.2, 0.25) is 5.91 Å². The van der Waals surface area contributed by atoms with Crippen LogP contribution in [0.5, 0.6) is 0 Å². The van der Waals surface area contributed by atoms with E-state index in [0.29, 0.717) is 6.54 Å². The third-order valence-electron chi connectivity index (χ3n) is 4.37. The SMILES string of the molecule is Cc1cccc(C(C(C)N)N2CCC(C)(C(N)=O)C2)c1. The van der Waals surface area contributed by atoms with Crippen LogP contribution >= 0.6 is 0 Å². The molecular weight excluding hydrogens is 250 g/mol. The second kappa shape index (κ2) is 5.54. The molecule has 4 N–H and O–H groups in total. The summed E-state index contributed by atoms with van der Waals surface area (Å²) in [5.41, 5.74) is 13.8. The van der Waals surface area contributed by atoms with Gasteiger partial charge in [-0.2, -0.15) is 0 Å². The Morgan fingerprint density at radius 2 is 2.15 bits per heavy atom. The highest BCUT2D eigenvalue weighted by atomic mass is 16.1. The summed E-state index contributed by atoms with van der Waals surface area (Å²) in [7, 11) is 0. The summed E-state index contributed by atoms with van der Waals surface area (Å²) < 4.78 is 0. The first-order valence-electron chi connectivity index (χ1n) is 7.19. The largest absolute Gasteiger partial charge is 0.369 e. The summed E-state index contributed by atoms with van der Waals surface area (Å²) in [6.07, 6.45) is 0.803. The Labute approximate surface area is 121 Å². The Kier molecular flexibility index (Phi) is 4.16. The summed E-state index contributed by atoms with van der Waals surface area (Å²) in [6, 6.07) is 8.57. The van der Waals surface area contributed by atoms with Crippen molar-refractivity contribution in [1.82, 2.24) is 4.90 Å². The fourth-order valence-corrected chi connectivity index (χ4v) is 3.14. The van der Waals surface area contributed by atoms with Gasteiger partial charge in [0, 0.05) is 18.6 Å². The molecule has 0 saturated carbocycles. The van der Waals surface area contributed by atoms with Gasteiger partial charge >= 0.3 is 0 Å². The van der Waals surface area contributed by atoms with Crippen LogP contribution in [0.1, 0.15) is 37.4 Å². The number of hydrogen-bond donors (Lipinski definition) is 2. The Hall–Kier alpha value is -1.39. The first kappa shape index (κ1) is 15.0. The zero-order valence-corrected chi connectivity index (χ0v) is 12.6. The Balaban J connectivity index is 2.25. The highest BCUT2D eigenvalue weighted by Gasteiger charge is 2.42. The number of nitrogens with two attached hydrogens (primary N) is 2. The van der Waals surface area contributed by atoms with Crippen molar-refractivity contribution in [2.24, 2.45) is 16.9 Å². The molecule has 1 aliphatic heterocycles. The normalized spacial score (nSPS) is 26.4. The molecule has 3 unspecified atom stereocenters. The molecule has 1 aliphatic rings. The van der Waals surface area contributed by atoms with E-state index in [2.05, 4.69) is 36.1 Å². The number of rotatable bonds is 4. The average molecular weight is 275 g/mol. The van der Waals surface area contributed by atoms with Crippen LogP contribution in [0.3, 0.4) is 0 Å². The minimum absolute atomic E-state index is 0.00651. The zero-order chi connectivity index (χ0) is 14.9. The summed E-state index contributed by atoms with van der Waals surface area (Å²) in [6.45, 7) is 7.60. The predicted octanol–water partition coefficient (Wildman–Crippen LogP) is 1.58. The maximum atomic E-state index is 11.6. The number of nitrogens with zero attached hydrogens (tertiary/aromatic N) is 1. The van der Waals surface area contributed by atoms with Gasteiger partial charge in [-0.15, -0.1) is 0 Å². The fraction of sp³-hybridized carbons (Fsp3) is 0.562. The molecule has 110 valence electrons. The Morgan fingerprint density at radius 3 is 2.65 bits per heavy atom. The lowest BCUT2D eigenvalue weighted by Gasteiger charge is -2.32. The van der Waals surface area contributed by atoms with Crippen molar-refractivity contribution in [3.05, 3.63) is 35.4 Å². The Bertz CT molecular complexity index is 500. The molecule has 1 saturated heterocycles. The van der Waals surface area contributed by atoms with Crippen molar-refractivity contribution >= 4 is 5.91 Å². The molecule has 1 aromatic carbocycles. The number of aryl methyl sites for hydroxylation is 1. The maximum Gasteiger partial charge on any atom is 0.224 e. The van der Waals surface area contributed by atoms with Gasteiger partial charge in [0.1, 0.15) is 0 Å². The van der Waals surface area contributed by atoms with Crippen LogP contribution in [-0.4, -0.2) is 29.9 Å². The van der Waals surface area contributed by atoms with E-state index in [9.17, 15) is 4.79 Å². The van der Waals surface area contributed by atoms with Gasteiger partial charge in [0.15, 0.2) is 0 Å². The highest BCUT2D eigenvalue weighted by molar-refractivity contribution is 5.81. The highest BCUT2D eigenvalue weighted by Crippen LogP contribution is 2.36. The number of likely N-dealkylation sites (tertiary alicyclic amines) is 1. The molecular formula is C16H25N3O.